The maximum atomic E-state index is 10.8. The second-order valence-electron chi connectivity index (χ2n) is 5.09. The van der Waals surface area contributed by atoms with E-state index >= 15 is 0 Å². The van der Waals surface area contributed by atoms with Crippen LogP contribution >= 0.6 is 12.4 Å². The van der Waals surface area contributed by atoms with E-state index in [1.54, 1.807) is 13.0 Å². The van der Waals surface area contributed by atoms with E-state index < -0.39 is 5.97 Å². The zero-order valence-corrected chi connectivity index (χ0v) is 13.2. The van der Waals surface area contributed by atoms with Gasteiger partial charge in [0.25, 0.3) is 0 Å². The second kappa shape index (κ2) is 8.37. The molecule has 4 heteroatoms. The quantitative estimate of drug-likeness (QED) is 0.827. The van der Waals surface area contributed by atoms with Crippen molar-refractivity contribution in [3.63, 3.8) is 0 Å². The minimum Gasteiger partial charge on any atom is -0.478 e. The van der Waals surface area contributed by atoms with Gasteiger partial charge in [0.1, 0.15) is 0 Å². The molecule has 22 heavy (non-hydrogen) atoms. The molecule has 0 aliphatic rings. The smallest absolute Gasteiger partial charge is 0.331 e. The van der Waals surface area contributed by atoms with Crippen LogP contribution in [0.15, 0.2) is 66.2 Å². The Hall–Kier alpha value is -2.10. The molecule has 0 bridgehead atoms. The molecule has 0 aliphatic heterocycles. The maximum Gasteiger partial charge on any atom is 0.331 e. The number of rotatable bonds is 5. The van der Waals surface area contributed by atoms with E-state index in [-0.39, 0.29) is 24.0 Å². The van der Waals surface area contributed by atoms with E-state index in [1.807, 2.05) is 30.3 Å². The Morgan fingerprint density at radius 3 is 2.18 bits per heavy atom. The third-order valence-corrected chi connectivity index (χ3v) is 3.33. The third kappa shape index (κ3) is 5.02. The molecule has 0 heterocycles. The molecule has 0 amide bonds. The van der Waals surface area contributed by atoms with Gasteiger partial charge in [0.2, 0.25) is 0 Å². The Morgan fingerprint density at radius 2 is 1.64 bits per heavy atom. The van der Waals surface area contributed by atoms with Crippen LogP contribution in [0.3, 0.4) is 0 Å². The van der Waals surface area contributed by atoms with Crippen molar-refractivity contribution in [2.24, 2.45) is 5.73 Å². The number of benzene rings is 2. The summed E-state index contributed by atoms with van der Waals surface area (Å²) in [5.74, 6) is -0.926. The molecule has 2 aromatic carbocycles. The largest absolute Gasteiger partial charge is 0.478 e. The fraction of sp³-hybridized carbons (Fsp3) is 0.167. The van der Waals surface area contributed by atoms with Gasteiger partial charge in [-0.2, -0.15) is 0 Å². The number of carboxylic acids is 1. The van der Waals surface area contributed by atoms with Crippen molar-refractivity contribution >= 4 is 18.4 Å². The lowest BCUT2D eigenvalue weighted by atomic mass is 10.00. The van der Waals surface area contributed by atoms with Crippen molar-refractivity contribution < 1.29 is 9.90 Å². The molecule has 3 N–H and O–H groups in total. The lowest BCUT2D eigenvalue weighted by Gasteiger charge is -2.09. The fourth-order valence-corrected chi connectivity index (χ4v) is 2.19. The highest BCUT2D eigenvalue weighted by atomic mass is 35.5. The van der Waals surface area contributed by atoms with Gasteiger partial charge in [0.15, 0.2) is 0 Å². The van der Waals surface area contributed by atoms with Gasteiger partial charge < -0.3 is 10.8 Å². The summed E-state index contributed by atoms with van der Waals surface area (Å²) in [6.07, 6.45) is 2.22. The third-order valence-electron chi connectivity index (χ3n) is 3.33. The molecule has 0 spiro atoms. The standard InChI is InChI=1S/C18H19NO2.ClH/c1-13(18(20)21)11-17(19)12-14-7-9-16(10-8-14)15-5-3-2-4-6-15;/h2-11,17H,12,19H2,1H3,(H,20,21);1H/b13-11+;/t17-;/m1./s1. The summed E-state index contributed by atoms with van der Waals surface area (Å²) in [4.78, 5) is 10.8. The van der Waals surface area contributed by atoms with Crippen LogP contribution in [0.1, 0.15) is 12.5 Å². The highest BCUT2D eigenvalue weighted by Gasteiger charge is 2.06. The average molecular weight is 318 g/mol. The summed E-state index contributed by atoms with van der Waals surface area (Å²) >= 11 is 0. The molecule has 1 atom stereocenters. The highest BCUT2D eigenvalue weighted by Crippen LogP contribution is 2.19. The molecule has 0 unspecified atom stereocenters. The molecule has 0 aliphatic carbocycles. The van der Waals surface area contributed by atoms with Crippen LogP contribution in [0, 0.1) is 0 Å². The molecular formula is C18H20ClNO2. The first-order valence-electron chi connectivity index (χ1n) is 6.88. The Kier molecular flexibility index (Phi) is 6.83. The zero-order chi connectivity index (χ0) is 15.2. The van der Waals surface area contributed by atoms with Gasteiger partial charge in [-0.1, -0.05) is 60.7 Å². The molecular weight excluding hydrogens is 298 g/mol. The van der Waals surface area contributed by atoms with Crippen LogP contribution in [-0.4, -0.2) is 17.1 Å². The van der Waals surface area contributed by atoms with Gasteiger partial charge in [0.05, 0.1) is 0 Å². The van der Waals surface area contributed by atoms with Crippen LogP contribution < -0.4 is 5.73 Å². The van der Waals surface area contributed by atoms with Crippen molar-refractivity contribution in [2.45, 2.75) is 19.4 Å². The normalized spacial score (nSPS) is 12.4. The predicted molar refractivity (Wildman–Crippen MR) is 92.2 cm³/mol. The highest BCUT2D eigenvalue weighted by molar-refractivity contribution is 5.86. The molecule has 2 aromatic rings. The SMILES string of the molecule is C/C(=C\[C@@H](N)Cc1ccc(-c2ccccc2)cc1)C(=O)O.Cl. The number of nitrogens with two attached hydrogens (primary N) is 1. The van der Waals surface area contributed by atoms with Crippen LogP contribution in [-0.2, 0) is 11.2 Å². The van der Waals surface area contributed by atoms with Crippen molar-refractivity contribution in [1.82, 2.24) is 0 Å². The van der Waals surface area contributed by atoms with E-state index in [0.717, 1.165) is 11.1 Å². The number of hydrogen-bond donors (Lipinski definition) is 2. The summed E-state index contributed by atoms with van der Waals surface area (Å²) in [7, 11) is 0. The minimum atomic E-state index is -0.926. The van der Waals surface area contributed by atoms with E-state index in [1.165, 1.54) is 5.56 Å². The second-order valence-corrected chi connectivity index (χ2v) is 5.09. The van der Waals surface area contributed by atoms with Crippen LogP contribution in [0.4, 0.5) is 0 Å². The average Bonchev–Trinajstić information content (AvgIpc) is 2.48. The first kappa shape index (κ1) is 18.0. The predicted octanol–water partition coefficient (Wildman–Crippen LogP) is 3.68. The van der Waals surface area contributed by atoms with Crippen molar-refractivity contribution in [1.29, 1.82) is 0 Å². The molecule has 0 saturated carbocycles. The lowest BCUT2D eigenvalue weighted by molar-refractivity contribution is -0.132. The van der Waals surface area contributed by atoms with Crippen LogP contribution in [0.2, 0.25) is 0 Å². The summed E-state index contributed by atoms with van der Waals surface area (Å²) in [6.45, 7) is 1.56. The van der Waals surface area contributed by atoms with Crippen LogP contribution in [0.5, 0.6) is 0 Å². The molecule has 116 valence electrons. The van der Waals surface area contributed by atoms with Crippen LogP contribution in [0.25, 0.3) is 11.1 Å². The molecule has 3 nitrogen and oxygen atoms in total. The first-order chi connectivity index (χ1) is 10.1. The van der Waals surface area contributed by atoms with Crippen molar-refractivity contribution in [3.05, 3.63) is 71.8 Å². The van der Waals surface area contributed by atoms with E-state index in [0.29, 0.717) is 6.42 Å². The van der Waals surface area contributed by atoms with Gasteiger partial charge in [-0.3, -0.25) is 0 Å². The minimum absolute atomic E-state index is 0. The summed E-state index contributed by atoms with van der Waals surface area (Å²) in [6, 6.07) is 18.1. The summed E-state index contributed by atoms with van der Waals surface area (Å²) in [5, 5.41) is 8.84. The first-order valence-corrected chi connectivity index (χ1v) is 6.88. The Bertz CT molecular complexity index is 636. The van der Waals surface area contributed by atoms with Crippen molar-refractivity contribution in [2.75, 3.05) is 0 Å². The van der Waals surface area contributed by atoms with E-state index in [2.05, 4.69) is 24.3 Å². The molecule has 0 radical (unpaired) electrons. The fourth-order valence-electron chi connectivity index (χ4n) is 2.19. The van der Waals surface area contributed by atoms with Gasteiger partial charge in [-0.25, -0.2) is 4.79 Å². The Labute approximate surface area is 136 Å². The number of halogens is 1. The number of carbonyl (C=O) groups is 1. The topological polar surface area (TPSA) is 63.3 Å². The van der Waals surface area contributed by atoms with Gasteiger partial charge in [-0.05, 0) is 30.0 Å². The molecule has 0 saturated heterocycles. The Balaban J connectivity index is 0.00000242. The zero-order valence-electron chi connectivity index (χ0n) is 12.4. The van der Waals surface area contributed by atoms with Gasteiger partial charge >= 0.3 is 5.97 Å². The molecule has 2 rings (SSSR count). The number of carboxylic acid groups (broad SMARTS) is 1. The summed E-state index contributed by atoms with van der Waals surface area (Å²) < 4.78 is 0. The Morgan fingerprint density at radius 1 is 1.09 bits per heavy atom. The van der Waals surface area contributed by atoms with Crippen molar-refractivity contribution in [3.8, 4) is 11.1 Å². The van der Waals surface area contributed by atoms with Gasteiger partial charge in [-0.15, -0.1) is 12.4 Å². The molecule has 0 fully saturated rings. The monoisotopic (exact) mass is 317 g/mol. The van der Waals surface area contributed by atoms with E-state index in [9.17, 15) is 4.79 Å². The summed E-state index contributed by atoms with van der Waals surface area (Å²) in [5.41, 5.74) is 9.66. The lowest BCUT2D eigenvalue weighted by Crippen LogP contribution is -2.21. The number of aliphatic carboxylic acids is 1. The van der Waals surface area contributed by atoms with E-state index in [4.69, 9.17) is 10.8 Å². The van der Waals surface area contributed by atoms with Gasteiger partial charge in [0, 0.05) is 11.6 Å². The number of hydrogen-bond acceptors (Lipinski definition) is 2. The maximum absolute atomic E-state index is 10.8. The molecule has 0 aromatic heterocycles.